The Morgan fingerprint density at radius 2 is 1.94 bits per heavy atom. The summed E-state index contributed by atoms with van der Waals surface area (Å²) in [4.78, 5) is 11.3. The van der Waals surface area contributed by atoms with Crippen LogP contribution in [0.15, 0.2) is 24.5 Å². The van der Waals surface area contributed by atoms with Crippen molar-refractivity contribution in [2.45, 2.75) is 26.8 Å². The lowest BCUT2D eigenvalue weighted by Gasteiger charge is -2.07. The zero-order valence-electron chi connectivity index (χ0n) is 10.7. The van der Waals surface area contributed by atoms with Crippen LogP contribution in [0.2, 0.25) is 0 Å². The molecule has 0 radical (unpaired) electrons. The third kappa shape index (κ3) is 3.70. The molecular formula is C13H18N4S. The lowest BCUT2D eigenvalue weighted by molar-refractivity contribution is 0.963. The van der Waals surface area contributed by atoms with Gasteiger partial charge in [0.1, 0.15) is 11.6 Å². The summed E-state index contributed by atoms with van der Waals surface area (Å²) in [6.45, 7) is 5.96. The number of aromatic nitrogens is 2. The maximum absolute atomic E-state index is 4.45. The Morgan fingerprint density at radius 3 is 2.61 bits per heavy atom. The molecule has 0 aliphatic carbocycles. The minimum atomic E-state index is 0.796. The van der Waals surface area contributed by atoms with E-state index in [1.165, 1.54) is 9.75 Å². The topological polar surface area (TPSA) is 49.8 Å². The first-order chi connectivity index (χ1) is 8.78. The van der Waals surface area contributed by atoms with Crippen LogP contribution in [-0.4, -0.2) is 16.5 Å². The van der Waals surface area contributed by atoms with E-state index < -0.39 is 0 Å². The number of thiophene rings is 1. The van der Waals surface area contributed by atoms with Crippen molar-refractivity contribution < 1.29 is 0 Å². The zero-order chi connectivity index (χ0) is 12.8. The van der Waals surface area contributed by atoms with Crippen LogP contribution in [0.3, 0.4) is 0 Å². The molecule has 0 aliphatic heterocycles. The van der Waals surface area contributed by atoms with Gasteiger partial charge >= 0.3 is 0 Å². The maximum Gasteiger partial charge on any atom is 0.147 e. The van der Waals surface area contributed by atoms with Crippen molar-refractivity contribution in [3.05, 3.63) is 34.3 Å². The molecular weight excluding hydrogens is 244 g/mol. The smallest absolute Gasteiger partial charge is 0.147 e. The van der Waals surface area contributed by atoms with E-state index in [9.17, 15) is 0 Å². The third-order valence-corrected chi connectivity index (χ3v) is 3.43. The normalized spacial score (nSPS) is 10.3. The summed E-state index contributed by atoms with van der Waals surface area (Å²) < 4.78 is 0. The predicted octanol–water partition coefficient (Wildman–Crippen LogP) is 3.28. The third-order valence-electron chi connectivity index (χ3n) is 2.43. The molecule has 0 bridgehead atoms. The van der Waals surface area contributed by atoms with Gasteiger partial charge in [0.25, 0.3) is 0 Å². The minimum Gasteiger partial charge on any atom is -0.369 e. The van der Waals surface area contributed by atoms with Gasteiger partial charge in [-0.2, -0.15) is 0 Å². The van der Waals surface area contributed by atoms with E-state index in [-0.39, 0.29) is 0 Å². The van der Waals surface area contributed by atoms with Gasteiger partial charge in [0.2, 0.25) is 0 Å². The summed E-state index contributed by atoms with van der Waals surface area (Å²) in [6, 6.07) is 4.27. The van der Waals surface area contributed by atoms with Crippen LogP contribution >= 0.6 is 11.3 Å². The standard InChI is InChI=1S/C13H18N4S/c1-3-6-15-12-8-14-9-13(17-12)16-7-11-5-4-10(2)18-11/h4-5,8-9H,3,6-7H2,1-2H3,(H2,15,16,17). The van der Waals surface area contributed by atoms with Gasteiger partial charge in [0, 0.05) is 16.3 Å². The van der Waals surface area contributed by atoms with Gasteiger partial charge in [0.15, 0.2) is 0 Å². The molecule has 0 amide bonds. The van der Waals surface area contributed by atoms with Crippen LogP contribution in [0.25, 0.3) is 0 Å². The first kappa shape index (κ1) is 12.8. The van der Waals surface area contributed by atoms with Crippen LogP contribution in [0.1, 0.15) is 23.1 Å². The molecule has 2 N–H and O–H groups in total. The number of aryl methyl sites for hydroxylation is 1. The van der Waals surface area contributed by atoms with Gasteiger partial charge in [-0.25, -0.2) is 4.98 Å². The van der Waals surface area contributed by atoms with Gasteiger partial charge in [0.05, 0.1) is 18.9 Å². The summed E-state index contributed by atoms with van der Waals surface area (Å²) in [6.07, 6.45) is 4.57. The summed E-state index contributed by atoms with van der Waals surface area (Å²) in [7, 11) is 0. The van der Waals surface area contributed by atoms with Crippen LogP contribution in [0.4, 0.5) is 11.6 Å². The minimum absolute atomic E-state index is 0.796. The average molecular weight is 262 g/mol. The number of hydrogen-bond acceptors (Lipinski definition) is 5. The summed E-state index contributed by atoms with van der Waals surface area (Å²) in [5.74, 6) is 1.63. The van der Waals surface area contributed by atoms with Crippen molar-refractivity contribution in [2.24, 2.45) is 0 Å². The molecule has 2 aromatic heterocycles. The van der Waals surface area contributed by atoms with E-state index >= 15 is 0 Å². The predicted molar refractivity (Wildman–Crippen MR) is 77.2 cm³/mol. The molecule has 0 fully saturated rings. The SMILES string of the molecule is CCCNc1cncc(NCc2ccc(C)s2)n1. The second-order valence-corrected chi connectivity index (χ2v) is 5.45. The second-order valence-electron chi connectivity index (χ2n) is 4.08. The molecule has 0 aromatic carbocycles. The summed E-state index contributed by atoms with van der Waals surface area (Å²) >= 11 is 1.80. The van der Waals surface area contributed by atoms with Crippen molar-refractivity contribution >= 4 is 23.0 Å². The fourth-order valence-electron chi connectivity index (χ4n) is 1.55. The Morgan fingerprint density at radius 1 is 1.17 bits per heavy atom. The molecule has 5 heteroatoms. The van der Waals surface area contributed by atoms with Crippen LogP contribution in [0, 0.1) is 6.92 Å². The van der Waals surface area contributed by atoms with Crippen molar-refractivity contribution in [1.29, 1.82) is 0 Å². The van der Waals surface area contributed by atoms with Crippen LogP contribution < -0.4 is 10.6 Å². The molecule has 2 rings (SSSR count). The summed E-state index contributed by atoms with van der Waals surface area (Å²) in [5.41, 5.74) is 0. The molecule has 0 saturated heterocycles. The van der Waals surface area contributed by atoms with E-state index in [0.29, 0.717) is 0 Å². The van der Waals surface area contributed by atoms with Crippen LogP contribution in [-0.2, 0) is 6.54 Å². The first-order valence-corrected chi connectivity index (χ1v) is 6.94. The molecule has 0 unspecified atom stereocenters. The molecule has 18 heavy (non-hydrogen) atoms. The Hall–Kier alpha value is -1.62. The van der Waals surface area contributed by atoms with E-state index in [1.807, 2.05) is 0 Å². The molecule has 0 spiro atoms. The van der Waals surface area contributed by atoms with Crippen LogP contribution in [0.5, 0.6) is 0 Å². The number of hydrogen-bond donors (Lipinski definition) is 2. The second kappa shape index (κ2) is 6.35. The zero-order valence-corrected chi connectivity index (χ0v) is 11.5. The maximum atomic E-state index is 4.45. The molecule has 0 aliphatic rings. The Balaban J connectivity index is 1.92. The summed E-state index contributed by atoms with van der Waals surface area (Å²) in [5, 5.41) is 6.51. The molecule has 2 aromatic rings. The van der Waals surface area contributed by atoms with Gasteiger partial charge in [-0.3, -0.25) is 4.98 Å². The van der Waals surface area contributed by atoms with E-state index in [4.69, 9.17) is 0 Å². The van der Waals surface area contributed by atoms with E-state index in [2.05, 4.69) is 46.6 Å². The molecule has 0 atom stereocenters. The lowest BCUT2D eigenvalue weighted by Crippen LogP contribution is -2.05. The number of anilines is 2. The molecule has 2 heterocycles. The average Bonchev–Trinajstić information content (AvgIpc) is 2.80. The molecule has 96 valence electrons. The number of nitrogens with zero attached hydrogens (tertiary/aromatic N) is 2. The van der Waals surface area contributed by atoms with E-state index in [1.54, 1.807) is 23.7 Å². The van der Waals surface area contributed by atoms with E-state index in [0.717, 1.165) is 31.1 Å². The Bertz CT molecular complexity index is 495. The van der Waals surface area contributed by atoms with Gasteiger partial charge in [-0.15, -0.1) is 11.3 Å². The highest BCUT2D eigenvalue weighted by atomic mass is 32.1. The van der Waals surface area contributed by atoms with Crippen molar-refractivity contribution in [3.63, 3.8) is 0 Å². The number of nitrogens with one attached hydrogen (secondary N) is 2. The molecule has 0 saturated carbocycles. The number of rotatable bonds is 6. The lowest BCUT2D eigenvalue weighted by atomic mass is 10.4. The largest absolute Gasteiger partial charge is 0.369 e. The Kier molecular flexibility index (Phi) is 4.52. The quantitative estimate of drug-likeness (QED) is 0.839. The first-order valence-electron chi connectivity index (χ1n) is 6.13. The van der Waals surface area contributed by atoms with Gasteiger partial charge < -0.3 is 10.6 Å². The molecule has 4 nitrogen and oxygen atoms in total. The van der Waals surface area contributed by atoms with Crippen molar-refractivity contribution in [3.8, 4) is 0 Å². The van der Waals surface area contributed by atoms with Gasteiger partial charge in [-0.1, -0.05) is 6.92 Å². The fraction of sp³-hybridized carbons (Fsp3) is 0.385. The highest BCUT2D eigenvalue weighted by molar-refractivity contribution is 7.11. The monoisotopic (exact) mass is 262 g/mol. The van der Waals surface area contributed by atoms with Gasteiger partial charge in [-0.05, 0) is 25.5 Å². The Labute approximate surface area is 111 Å². The fourth-order valence-corrected chi connectivity index (χ4v) is 2.38. The highest BCUT2D eigenvalue weighted by Gasteiger charge is 2.00. The van der Waals surface area contributed by atoms with Crippen molar-refractivity contribution in [2.75, 3.05) is 17.2 Å². The van der Waals surface area contributed by atoms with Crippen molar-refractivity contribution in [1.82, 2.24) is 9.97 Å². The highest BCUT2D eigenvalue weighted by Crippen LogP contribution is 2.16.